The van der Waals surface area contributed by atoms with Gasteiger partial charge in [-0.3, -0.25) is 0 Å². The first-order chi connectivity index (χ1) is 7.58. The van der Waals surface area contributed by atoms with Crippen LogP contribution in [-0.2, 0) is 20.9 Å². The third-order valence-electron chi connectivity index (χ3n) is 1.77. The van der Waals surface area contributed by atoms with E-state index < -0.39 is 0 Å². The molecule has 16 heavy (non-hydrogen) atoms. The third kappa shape index (κ3) is 5.28. The van der Waals surface area contributed by atoms with Gasteiger partial charge in [0, 0.05) is 4.47 Å². The Morgan fingerprint density at radius 2 is 1.94 bits per heavy atom. The summed E-state index contributed by atoms with van der Waals surface area (Å²) in [5.41, 5.74) is 1.03. The Morgan fingerprint density at radius 1 is 1.31 bits per heavy atom. The van der Waals surface area contributed by atoms with E-state index in [4.69, 9.17) is 9.47 Å². The van der Waals surface area contributed by atoms with Crippen molar-refractivity contribution in [1.29, 1.82) is 0 Å². The molecular formula is C12H15BrO3. The van der Waals surface area contributed by atoms with Crippen molar-refractivity contribution in [3.05, 3.63) is 34.3 Å². The summed E-state index contributed by atoms with van der Waals surface area (Å²) in [6.07, 6.45) is -0.0937. The van der Waals surface area contributed by atoms with E-state index in [-0.39, 0.29) is 18.7 Å². The molecule has 0 spiro atoms. The molecule has 1 aromatic rings. The molecule has 0 saturated carbocycles. The first kappa shape index (κ1) is 13.2. The molecular weight excluding hydrogens is 272 g/mol. The maximum atomic E-state index is 11.1. The van der Waals surface area contributed by atoms with Crippen LogP contribution < -0.4 is 0 Å². The van der Waals surface area contributed by atoms with Gasteiger partial charge in [-0.05, 0) is 31.5 Å². The second-order valence-corrected chi connectivity index (χ2v) is 4.57. The quantitative estimate of drug-likeness (QED) is 0.781. The van der Waals surface area contributed by atoms with E-state index in [2.05, 4.69) is 15.9 Å². The van der Waals surface area contributed by atoms with Crippen LogP contribution in [0.25, 0.3) is 0 Å². The molecule has 0 atom stereocenters. The van der Waals surface area contributed by atoms with Crippen molar-refractivity contribution in [2.75, 3.05) is 6.61 Å². The Balaban J connectivity index is 2.25. The predicted octanol–water partition coefficient (Wildman–Crippen LogP) is 2.92. The van der Waals surface area contributed by atoms with E-state index in [0.29, 0.717) is 6.61 Å². The molecule has 0 aliphatic rings. The van der Waals surface area contributed by atoms with E-state index in [1.807, 2.05) is 38.1 Å². The van der Waals surface area contributed by atoms with Crippen LogP contribution in [0.3, 0.4) is 0 Å². The molecule has 0 amide bonds. The average Bonchev–Trinajstić information content (AvgIpc) is 2.20. The van der Waals surface area contributed by atoms with E-state index in [0.717, 1.165) is 10.0 Å². The van der Waals surface area contributed by atoms with Crippen LogP contribution in [0.2, 0.25) is 0 Å². The third-order valence-corrected chi connectivity index (χ3v) is 2.30. The highest BCUT2D eigenvalue weighted by Crippen LogP contribution is 2.11. The maximum Gasteiger partial charge on any atom is 0.332 e. The van der Waals surface area contributed by atoms with E-state index in [1.54, 1.807) is 0 Å². The van der Waals surface area contributed by atoms with Crippen molar-refractivity contribution >= 4 is 21.9 Å². The largest absolute Gasteiger partial charge is 0.461 e. The summed E-state index contributed by atoms with van der Waals surface area (Å²) >= 11 is 3.35. The van der Waals surface area contributed by atoms with Crippen LogP contribution >= 0.6 is 15.9 Å². The highest BCUT2D eigenvalue weighted by Gasteiger charge is 2.05. The first-order valence-corrected chi connectivity index (χ1v) is 5.89. The molecule has 0 aliphatic heterocycles. The number of carbonyl (C=O) groups excluding carboxylic acids is 1. The number of hydrogen-bond acceptors (Lipinski definition) is 3. The van der Waals surface area contributed by atoms with Crippen molar-refractivity contribution in [1.82, 2.24) is 0 Å². The second kappa shape index (κ2) is 6.66. The molecule has 1 rings (SSSR count). The summed E-state index contributed by atoms with van der Waals surface area (Å²) in [5.74, 6) is -0.327. The van der Waals surface area contributed by atoms with Gasteiger partial charge in [0.15, 0.2) is 0 Å². The lowest BCUT2D eigenvalue weighted by atomic mass is 10.2. The zero-order valence-corrected chi connectivity index (χ0v) is 11.0. The molecule has 0 heterocycles. The molecule has 0 radical (unpaired) electrons. The first-order valence-electron chi connectivity index (χ1n) is 5.09. The number of carbonyl (C=O) groups is 1. The number of hydrogen-bond donors (Lipinski definition) is 0. The Kier molecular flexibility index (Phi) is 5.49. The van der Waals surface area contributed by atoms with Crippen molar-refractivity contribution in [2.45, 2.75) is 26.6 Å². The maximum absolute atomic E-state index is 11.1. The standard InChI is InChI=1S/C12H15BrO3/c1-9(2)16-12(14)8-15-7-10-3-5-11(13)6-4-10/h3-6,9H,7-8H2,1-2H3. The SMILES string of the molecule is CC(C)OC(=O)COCc1ccc(Br)cc1. The Labute approximate surface area is 104 Å². The smallest absolute Gasteiger partial charge is 0.332 e. The lowest BCUT2D eigenvalue weighted by Crippen LogP contribution is -2.16. The van der Waals surface area contributed by atoms with Gasteiger partial charge in [0.25, 0.3) is 0 Å². The molecule has 0 aromatic heterocycles. The number of ether oxygens (including phenoxy) is 2. The fourth-order valence-electron chi connectivity index (χ4n) is 1.13. The fourth-order valence-corrected chi connectivity index (χ4v) is 1.39. The minimum atomic E-state index is -0.327. The van der Waals surface area contributed by atoms with Gasteiger partial charge in [-0.15, -0.1) is 0 Å². The van der Waals surface area contributed by atoms with E-state index >= 15 is 0 Å². The summed E-state index contributed by atoms with van der Waals surface area (Å²) in [5, 5.41) is 0. The van der Waals surface area contributed by atoms with Crippen molar-refractivity contribution in [2.24, 2.45) is 0 Å². The lowest BCUT2D eigenvalue weighted by Gasteiger charge is -2.08. The van der Waals surface area contributed by atoms with Gasteiger partial charge in [-0.2, -0.15) is 0 Å². The molecule has 0 aliphatic carbocycles. The Hall–Kier alpha value is -0.870. The number of rotatable bonds is 5. The monoisotopic (exact) mass is 286 g/mol. The molecule has 1 aromatic carbocycles. The summed E-state index contributed by atoms with van der Waals surface area (Å²) in [7, 11) is 0. The summed E-state index contributed by atoms with van der Waals surface area (Å²) in [6, 6.07) is 7.76. The summed E-state index contributed by atoms with van der Waals surface area (Å²) in [4.78, 5) is 11.1. The topological polar surface area (TPSA) is 35.5 Å². The molecule has 0 N–H and O–H groups in total. The molecule has 0 unspecified atom stereocenters. The van der Waals surface area contributed by atoms with Crippen LogP contribution in [0.1, 0.15) is 19.4 Å². The molecule has 0 saturated heterocycles. The fraction of sp³-hybridized carbons (Fsp3) is 0.417. The highest BCUT2D eigenvalue weighted by atomic mass is 79.9. The van der Waals surface area contributed by atoms with Crippen molar-refractivity contribution in [3.63, 3.8) is 0 Å². The van der Waals surface area contributed by atoms with Crippen LogP contribution in [0.15, 0.2) is 28.7 Å². The molecule has 88 valence electrons. The van der Waals surface area contributed by atoms with Gasteiger partial charge in [-0.25, -0.2) is 4.79 Å². The average molecular weight is 287 g/mol. The van der Waals surface area contributed by atoms with Gasteiger partial charge >= 0.3 is 5.97 Å². The Morgan fingerprint density at radius 3 is 2.50 bits per heavy atom. The van der Waals surface area contributed by atoms with Gasteiger partial charge in [-0.1, -0.05) is 28.1 Å². The van der Waals surface area contributed by atoms with Gasteiger partial charge < -0.3 is 9.47 Å². The van der Waals surface area contributed by atoms with Gasteiger partial charge in [0.2, 0.25) is 0 Å². The van der Waals surface area contributed by atoms with Crippen LogP contribution in [0.4, 0.5) is 0 Å². The lowest BCUT2D eigenvalue weighted by molar-refractivity contribution is -0.153. The van der Waals surface area contributed by atoms with Crippen LogP contribution in [0, 0.1) is 0 Å². The zero-order chi connectivity index (χ0) is 12.0. The van der Waals surface area contributed by atoms with Crippen LogP contribution in [0.5, 0.6) is 0 Å². The van der Waals surface area contributed by atoms with Gasteiger partial charge in [0.05, 0.1) is 12.7 Å². The minimum Gasteiger partial charge on any atom is -0.461 e. The summed E-state index contributed by atoms with van der Waals surface area (Å²) < 4.78 is 11.2. The molecule has 4 heteroatoms. The summed E-state index contributed by atoms with van der Waals surface area (Å²) in [6.45, 7) is 4.04. The zero-order valence-electron chi connectivity index (χ0n) is 9.40. The van der Waals surface area contributed by atoms with E-state index in [1.165, 1.54) is 0 Å². The number of esters is 1. The molecule has 0 fully saturated rings. The van der Waals surface area contributed by atoms with Crippen molar-refractivity contribution < 1.29 is 14.3 Å². The second-order valence-electron chi connectivity index (χ2n) is 3.66. The molecule has 0 bridgehead atoms. The van der Waals surface area contributed by atoms with Crippen molar-refractivity contribution in [3.8, 4) is 0 Å². The molecule has 3 nitrogen and oxygen atoms in total. The predicted molar refractivity (Wildman–Crippen MR) is 65.0 cm³/mol. The highest BCUT2D eigenvalue weighted by molar-refractivity contribution is 9.10. The number of benzene rings is 1. The van der Waals surface area contributed by atoms with Crippen LogP contribution in [-0.4, -0.2) is 18.7 Å². The number of halogens is 1. The minimum absolute atomic E-state index is 0.00571. The normalized spacial score (nSPS) is 10.5. The van der Waals surface area contributed by atoms with Gasteiger partial charge in [0.1, 0.15) is 6.61 Å². The Bertz CT molecular complexity index is 333. The van der Waals surface area contributed by atoms with E-state index in [9.17, 15) is 4.79 Å².